The van der Waals surface area contributed by atoms with Crippen molar-refractivity contribution in [2.75, 3.05) is 19.8 Å². The molecule has 1 aromatic carbocycles. The fraction of sp³-hybridized carbons (Fsp3) is 0.250. The van der Waals surface area contributed by atoms with Gasteiger partial charge in [-0.2, -0.15) is 0 Å². The second-order valence-corrected chi connectivity index (χ2v) is 3.63. The third-order valence-corrected chi connectivity index (χ3v) is 2.47. The summed E-state index contributed by atoms with van der Waals surface area (Å²) in [5.74, 6) is -3.37. The maximum absolute atomic E-state index is 11.6. The molecular weight excluding hydrogens is 256 g/mol. The van der Waals surface area contributed by atoms with Gasteiger partial charge in [0.2, 0.25) is 0 Å². The van der Waals surface area contributed by atoms with E-state index in [1.54, 1.807) is 0 Å². The highest BCUT2D eigenvalue weighted by atomic mass is 16.3. The Labute approximate surface area is 107 Å². The van der Waals surface area contributed by atoms with Gasteiger partial charge in [0.15, 0.2) is 17.3 Å². The van der Waals surface area contributed by atoms with Gasteiger partial charge < -0.3 is 20.4 Å². The first-order chi connectivity index (χ1) is 8.97. The second-order valence-electron chi connectivity index (χ2n) is 3.63. The van der Waals surface area contributed by atoms with Crippen molar-refractivity contribution >= 4 is 17.3 Å². The third-order valence-electron chi connectivity index (χ3n) is 2.47. The molecule has 0 atom stereocenters. The molecule has 7 nitrogen and oxygen atoms in total. The molecule has 1 rings (SSSR count). The number of ketones is 3. The SMILES string of the molecule is O=C(CO)c1ccc(O)c(C(=O)CO)c1C(=O)CO. The molecule has 0 aromatic heterocycles. The number of aromatic hydroxyl groups is 1. The zero-order valence-corrected chi connectivity index (χ0v) is 9.79. The van der Waals surface area contributed by atoms with Crippen molar-refractivity contribution in [2.45, 2.75) is 0 Å². The van der Waals surface area contributed by atoms with Crippen molar-refractivity contribution in [3.05, 3.63) is 28.8 Å². The van der Waals surface area contributed by atoms with Gasteiger partial charge in [-0.15, -0.1) is 0 Å². The third kappa shape index (κ3) is 2.84. The highest BCUT2D eigenvalue weighted by molar-refractivity contribution is 6.17. The van der Waals surface area contributed by atoms with Crippen LogP contribution in [-0.2, 0) is 0 Å². The van der Waals surface area contributed by atoms with E-state index in [0.29, 0.717) is 0 Å². The van der Waals surface area contributed by atoms with Crippen LogP contribution in [0, 0.1) is 0 Å². The van der Waals surface area contributed by atoms with Crippen molar-refractivity contribution in [1.82, 2.24) is 0 Å². The zero-order chi connectivity index (χ0) is 14.6. The van der Waals surface area contributed by atoms with E-state index in [4.69, 9.17) is 15.3 Å². The highest BCUT2D eigenvalue weighted by Crippen LogP contribution is 2.26. The van der Waals surface area contributed by atoms with E-state index in [9.17, 15) is 19.5 Å². The summed E-state index contributed by atoms with van der Waals surface area (Å²) < 4.78 is 0. The molecule has 102 valence electrons. The Morgan fingerprint density at radius 2 is 1.26 bits per heavy atom. The van der Waals surface area contributed by atoms with Crippen molar-refractivity contribution in [3.8, 4) is 5.75 Å². The maximum atomic E-state index is 11.6. The van der Waals surface area contributed by atoms with Crippen molar-refractivity contribution < 1.29 is 34.8 Å². The fourth-order valence-corrected chi connectivity index (χ4v) is 1.64. The van der Waals surface area contributed by atoms with Crippen LogP contribution in [0.3, 0.4) is 0 Å². The van der Waals surface area contributed by atoms with Gasteiger partial charge in [-0.1, -0.05) is 0 Å². The van der Waals surface area contributed by atoms with Crippen LogP contribution in [0.4, 0.5) is 0 Å². The first-order valence-corrected chi connectivity index (χ1v) is 5.26. The van der Waals surface area contributed by atoms with Gasteiger partial charge in [-0.05, 0) is 12.1 Å². The van der Waals surface area contributed by atoms with Crippen LogP contribution in [0.15, 0.2) is 12.1 Å². The maximum Gasteiger partial charge on any atom is 0.192 e. The van der Waals surface area contributed by atoms with Crippen molar-refractivity contribution in [1.29, 1.82) is 0 Å². The number of aliphatic hydroxyl groups excluding tert-OH is 3. The van der Waals surface area contributed by atoms with E-state index in [-0.39, 0.29) is 5.56 Å². The average molecular weight is 268 g/mol. The summed E-state index contributed by atoms with van der Waals surface area (Å²) in [4.78, 5) is 34.6. The quantitative estimate of drug-likeness (QED) is 0.482. The number of aliphatic hydroxyl groups is 3. The molecule has 0 saturated heterocycles. The molecule has 0 amide bonds. The summed E-state index contributed by atoms with van der Waals surface area (Å²) in [5, 5.41) is 36.0. The van der Waals surface area contributed by atoms with Crippen LogP contribution < -0.4 is 0 Å². The molecule has 0 saturated carbocycles. The lowest BCUT2D eigenvalue weighted by Gasteiger charge is -2.12. The van der Waals surface area contributed by atoms with Crippen molar-refractivity contribution in [2.24, 2.45) is 0 Å². The predicted molar refractivity (Wildman–Crippen MR) is 62.4 cm³/mol. The number of hydrogen-bond donors (Lipinski definition) is 4. The summed E-state index contributed by atoms with van der Waals surface area (Å²) in [5.41, 5.74) is -1.34. The number of benzene rings is 1. The average Bonchev–Trinajstić information content (AvgIpc) is 2.44. The molecule has 0 spiro atoms. The first-order valence-electron chi connectivity index (χ1n) is 5.26. The Balaban J connectivity index is 3.64. The Kier molecular flexibility index (Phi) is 4.87. The summed E-state index contributed by atoms with van der Waals surface area (Å²) in [6.45, 7) is -2.86. The van der Waals surface area contributed by atoms with Gasteiger partial charge in [0.05, 0.1) is 5.56 Å². The lowest BCUT2D eigenvalue weighted by Crippen LogP contribution is -2.20. The highest BCUT2D eigenvalue weighted by Gasteiger charge is 2.26. The number of Topliss-reactive ketones (excluding diaryl/α,β-unsaturated/α-hetero) is 3. The van der Waals surface area contributed by atoms with Gasteiger partial charge in [-0.3, -0.25) is 14.4 Å². The van der Waals surface area contributed by atoms with Crippen molar-refractivity contribution in [3.63, 3.8) is 0 Å². The Morgan fingerprint density at radius 1 is 0.789 bits per heavy atom. The van der Waals surface area contributed by atoms with Gasteiger partial charge in [0.1, 0.15) is 25.6 Å². The smallest absolute Gasteiger partial charge is 0.192 e. The van der Waals surface area contributed by atoms with Crippen LogP contribution in [-0.4, -0.2) is 57.6 Å². The summed E-state index contributed by atoms with van der Waals surface area (Å²) >= 11 is 0. The van der Waals surface area contributed by atoms with E-state index >= 15 is 0 Å². The Morgan fingerprint density at radius 3 is 1.74 bits per heavy atom. The molecule has 0 aliphatic carbocycles. The minimum absolute atomic E-state index is 0.295. The van der Waals surface area contributed by atoms with Crippen LogP contribution >= 0.6 is 0 Å². The summed E-state index contributed by atoms with van der Waals surface area (Å²) in [7, 11) is 0. The number of rotatable bonds is 6. The largest absolute Gasteiger partial charge is 0.507 e. The van der Waals surface area contributed by atoms with Crippen LogP contribution in [0.25, 0.3) is 0 Å². The number of phenols is 1. The topological polar surface area (TPSA) is 132 Å². The summed E-state index contributed by atoms with van der Waals surface area (Å²) in [6, 6.07) is 2.06. The standard InChI is InChI=1S/C12H12O7/c13-3-8(17)6-1-2-7(16)12(10(19)5-15)11(6)9(18)4-14/h1-2,13-16H,3-5H2. The van der Waals surface area contributed by atoms with Crippen LogP contribution in [0.2, 0.25) is 0 Å². The van der Waals surface area contributed by atoms with E-state index in [1.807, 2.05) is 0 Å². The second kappa shape index (κ2) is 6.19. The molecule has 0 aliphatic rings. The molecule has 0 bridgehead atoms. The predicted octanol–water partition coefficient (Wildman–Crippen LogP) is -1.08. The number of carbonyl (C=O) groups excluding carboxylic acids is 3. The van der Waals surface area contributed by atoms with Gasteiger partial charge in [0.25, 0.3) is 0 Å². The minimum atomic E-state index is -0.985. The van der Waals surface area contributed by atoms with Gasteiger partial charge >= 0.3 is 0 Å². The van der Waals surface area contributed by atoms with E-state index in [2.05, 4.69) is 0 Å². The Hall–Kier alpha value is -2.09. The van der Waals surface area contributed by atoms with Crippen LogP contribution in [0.5, 0.6) is 5.75 Å². The van der Waals surface area contributed by atoms with E-state index in [1.165, 1.54) is 0 Å². The Bertz CT molecular complexity index is 533. The minimum Gasteiger partial charge on any atom is -0.507 e. The molecule has 0 fully saturated rings. The van der Waals surface area contributed by atoms with Gasteiger partial charge in [-0.25, -0.2) is 0 Å². The first kappa shape index (κ1) is 15.0. The number of hydrogen-bond acceptors (Lipinski definition) is 7. The molecule has 7 heteroatoms. The zero-order valence-electron chi connectivity index (χ0n) is 9.79. The fourth-order valence-electron chi connectivity index (χ4n) is 1.64. The van der Waals surface area contributed by atoms with Gasteiger partial charge in [0, 0.05) is 11.1 Å². The van der Waals surface area contributed by atoms with E-state index in [0.717, 1.165) is 12.1 Å². The number of phenolic OH excluding ortho intramolecular Hbond substituents is 1. The molecule has 0 radical (unpaired) electrons. The normalized spacial score (nSPS) is 10.3. The molecule has 0 unspecified atom stereocenters. The molecule has 1 aromatic rings. The lowest BCUT2D eigenvalue weighted by atomic mass is 9.92. The molecule has 0 aliphatic heterocycles. The molecule has 19 heavy (non-hydrogen) atoms. The molecule has 4 N–H and O–H groups in total. The van der Waals surface area contributed by atoms with Crippen LogP contribution in [0.1, 0.15) is 31.1 Å². The molecular formula is C12H12O7. The van der Waals surface area contributed by atoms with E-state index < -0.39 is 54.0 Å². The monoisotopic (exact) mass is 268 g/mol. The lowest BCUT2D eigenvalue weighted by molar-refractivity contribution is 0.0855. The summed E-state index contributed by atoms with van der Waals surface area (Å²) in [6.07, 6.45) is 0. The molecule has 0 heterocycles. The number of carbonyl (C=O) groups is 3.